The van der Waals surface area contributed by atoms with Crippen LogP contribution < -0.4 is 0 Å². The van der Waals surface area contributed by atoms with Crippen molar-refractivity contribution in [3.8, 4) is 0 Å². The van der Waals surface area contributed by atoms with Gasteiger partial charge in [-0.15, -0.1) is 0 Å². The second kappa shape index (κ2) is 4.07. The molecule has 3 heteroatoms. The zero-order chi connectivity index (χ0) is 9.97. The summed E-state index contributed by atoms with van der Waals surface area (Å²) >= 11 is 0. The van der Waals surface area contributed by atoms with Gasteiger partial charge in [0.2, 0.25) is 0 Å². The van der Waals surface area contributed by atoms with Crippen LogP contribution in [0.1, 0.15) is 18.5 Å². The summed E-state index contributed by atoms with van der Waals surface area (Å²) in [6.45, 7) is 0.822. The minimum absolute atomic E-state index is 0.135. The molecule has 2 atom stereocenters. The van der Waals surface area contributed by atoms with E-state index in [-0.39, 0.29) is 6.10 Å². The van der Waals surface area contributed by atoms with E-state index in [1.807, 2.05) is 25.2 Å². The Kier molecular flexibility index (Phi) is 2.79. The van der Waals surface area contributed by atoms with Crippen LogP contribution in [0.5, 0.6) is 0 Å². The van der Waals surface area contributed by atoms with Gasteiger partial charge in [-0.05, 0) is 32.0 Å². The van der Waals surface area contributed by atoms with Crippen molar-refractivity contribution in [2.24, 2.45) is 0 Å². The Hall–Kier alpha value is -0.930. The molecule has 0 radical (unpaired) electrons. The maximum atomic E-state index is 9.49. The number of rotatable bonds is 3. The molecule has 14 heavy (non-hydrogen) atoms. The first-order valence-corrected chi connectivity index (χ1v) is 5.05. The van der Waals surface area contributed by atoms with Gasteiger partial charge in [0, 0.05) is 18.8 Å². The largest absolute Gasteiger partial charge is 0.391 e. The van der Waals surface area contributed by atoms with Crippen LogP contribution >= 0.6 is 0 Å². The van der Waals surface area contributed by atoms with E-state index in [2.05, 4.69) is 9.88 Å². The molecule has 1 aliphatic rings. The molecule has 0 aromatic carbocycles. The zero-order valence-electron chi connectivity index (χ0n) is 8.43. The van der Waals surface area contributed by atoms with Crippen LogP contribution in [-0.2, 0) is 6.54 Å². The Bertz CT molecular complexity index is 289. The summed E-state index contributed by atoms with van der Waals surface area (Å²) in [5.74, 6) is 0. The van der Waals surface area contributed by atoms with Crippen molar-refractivity contribution in [2.45, 2.75) is 31.5 Å². The number of pyridine rings is 1. The highest BCUT2D eigenvalue weighted by Crippen LogP contribution is 2.25. The van der Waals surface area contributed by atoms with Gasteiger partial charge in [0.05, 0.1) is 11.8 Å². The molecule has 0 amide bonds. The van der Waals surface area contributed by atoms with Crippen LogP contribution in [0, 0.1) is 0 Å². The van der Waals surface area contributed by atoms with Gasteiger partial charge < -0.3 is 5.11 Å². The minimum atomic E-state index is -0.135. The Morgan fingerprint density at radius 1 is 1.50 bits per heavy atom. The fraction of sp³-hybridized carbons (Fsp3) is 0.545. The molecule has 1 heterocycles. The lowest BCUT2D eigenvalue weighted by Gasteiger charge is -2.39. The summed E-state index contributed by atoms with van der Waals surface area (Å²) in [6.07, 6.45) is 3.71. The predicted molar refractivity (Wildman–Crippen MR) is 54.7 cm³/mol. The molecule has 1 aromatic rings. The van der Waals surface area contributed by atoms with Crippen LogP contribution in [0.15, 0.2) is 24.4 Å². The van der Waals surface area contributed by atoms with E-state index in [0.717, 1.165) is 25.1 Å². The number of likely N-dealkylation sites (N-methyl/N-ethyl adjacent to an activating group) is 1. The number of hydrogen-bond donors (Lipinski definition) is 1. The molecule has 0 bridgehead atoms. The number of aliphatic hydroxyl groups excluding tert-OH is 1. The van der Waals surface area contributed by atoms with E-state index < -0.39 is 0 Å². The van der Waals surface area contributed by atoms with Crippen molar-refractivity contribution in [1.82, 2.24) is 9.88 Å². The monoisotopic (exact) mass is 192 g/mol. The van der Waals surface area contributed by atoms with Crippen LogP contribution in [0.25, 0.3) is 0 Å². The molecule has 1 saturated carbocycles. The van der Waals surface area contributed by atoms with Crippen LogP contribution in [0.2, 0.25) is 0 Å². The van der Waals surface area contributed by atoms with Crippen molar-refractivity contribution in [3.63, 3.8) is 0 Å². The van der Waals surface area contributed by atoms with E-state index in [4.69, 9.17) is 0 Å². The summed E-state index contributed by atoms with van der Waals surface area (Å²) in [7, 11) is 2.04. The van der Waals surface area contributed by atoms with E-state index in [1.165, 1.54) is 0 Å². The quantitative estimate of drug-likeness (QED) is 0.777. The van der Waals surface area contributed by atoms with Gasteiger partial charge >= 0.3 is 0 Å². The predicted octanol–water partition coefficient (Wildman–Crippen LogP) is 1.04. The van der Waals surface area contributed by atoms with Crippen LogP contribution in [0.4, 0.5) is 0 Å². The van der Waals surface area contributed by atoms with E-state index >= 15 is 0 Å². The maximum Gasteiger partial charge on any atom is 0.0696 e. The normalized spacial score (nSPS) is 26.2. The lowest BCUT2D eigenvalue weighted by Crippen LogP contribution is -2.48. The Morgan fingerprint density at radius 2 is 2.36 bits per heavy atom. The Morgan fingerprint density at radius 3 is 2.86 bits per heavy atom. The summed E-state index contributed by atoms with van der Waals surface area (Å²) in [4.78, 5) is 6.44. The molecule has 0 saturated heterocycles. The number of aromatic nitrogens is 1. The molecule has 2 unspecified atom stereocenters. The third-order valence-electron chi connectivity index (χ3n) is 2.91. The van der Waals surface area contributed by atoms with Gasteiger partial charge in [0.1, 0.15) is 0 Å². The van der Waals surface area contributed by atoms with Crippen molar-refractivity contribution < 1.29 is 5.11 Å². The van der Waals surface area contributed by atoms with E-state index in [9.17, 15) is 5.11 Å². The van der Waals surface area contributed by atoms with Gasteiger partial charge in [-0.2, -0.15) is 0 Å². The van der Waals surface area contributed by atoms with Gasteiger partial charge in [0.25, 0.3) is 0 Å². The van der Waals surface area contributed by atoms with Crippen molar-refractivity contribution in [2.75, 3.05) is 7.05 Å². The molecule has 1 N–H and O–H groups in total. The Balaban J connectivity index is 1.91. The molecular formula is C11H16N2O. The van der Waals surface area contributed by atoms with Gasteiger partial charge in [0.15, 0.2) is 0 Å². The summed E-state index contributed by atoms with van der Waals surface area (Å²) < 4.78 is 0. The average molecular weight is 192 g/mol. The topological polar surface area (TPSA) is 36.4 Å². The standard InChI is InChI=1S/C11H16N2O/c1-13(10-5-6-11(10)14)8-9-4-2-3-7-12-9/h2-4,7,10-11,14H,5-6,8H2,1H3. The smallest absolute Gasteiger partial charge is 0.0696 e. The van der Waals surface area contributed by atoms with E-state index in [1.54, 1.807) is 6.20 Å². The number of nitrogens with zero attached hydrogens (tertiary/aromatic N) is 2. The first-order valence-electron chi connectivity index (χ1n) is 5.05. The van der Waals surface area contributed by atoms with Gasteiger partial charge in [-0.3, -0.25) is 9.88 Å². The first-order chi connectivity index (χ1) is 6.77. The van der Waals surface area contributed by atoms with Gasteiger partial charge in [-0.1, -0.05) is 6.07 Å². The molecule has 76 valence electrons. The molecule has 1 fully saturated rings. The van der Waals surface area contributed by atoms with Crippen molar-refractivity contribution in [1.29, 1.82) is 0 Å². The highest BCUT2D eigenvalue weighted by Gasteiger charge is 2.31. The summed E-state index contributed by atoms with van der Waals surface area (Å²) in [5, 5.41) is 9.49. The molecule has 1 aliphatic carbocycles. The summed E-state index contributed by atoms with van der Waals surface area (Å²) in [5.41, 5.74) is 1.06. The zero-order valence-corrected chi connectivity index (χ0v) is 8.43. The maximum absolute atomic E-state index is 9.49. The third kappa shape index (κ3) is 1.94. The SMILES string of the molecule is CN(Cc1ccccn1)C1CCC1O. The molecule has 0 spiro atoms. The fourth-order valence-corrected chi connectivity index (χ4v) is 1.84. The van der Waals surface area contributed by atoms with Crippen molar-refractivity contribution >= 4 is 0 Å². The third-order valence-corrected chi connectivity index (χ3v) is 2.91. The van der Waals surface area contributed by atoms with Crippen LogP contribution in [0.3, 0.4) is 0 Å². The molecule has 3 nitrogen and oxygen atoms in total. The molecule has 1 aromatic heterocycles. The lowest BCUT2D eigenvalue weighted by atomic mass is 9.88. The van der Waals surface area contributed by atoms with E-state index in [0.29, 0.717) is 6.04 Å². The van der Waals surface area contributed by atoms with Gasteiger partial charge in [-0.25, -0.2) is 0 Å². The Labute approximate surface area is 84.4 Å². The second-order valence-corrected chi connectivity index (χ2v) is 3.95. The van der Waals surface area contributed by atoms with Crippen molar-refractivity contribution in [3.05, 3.63) is 30.1 Å². The lowest BCUT2D eigenvalue weighted by molar-refractivity contribution is -0.0134. The number of hydrogen-bond acceptors (Lipinski definition) is 3. The molecule has 2 rings (SSSR count). The highest BCUT2D eigenvalue weighted by molar-refractivity contribution is 5.04. The minimum Gasteiger partial charge on any atom is -0.391 e. The fourth-order valence-electron chi connectivity index (χ4n) is 1.84. The average Bonchev–Trinajstić information content (AvgIpc) is 2.17. The summed E-state index contributed by atoms with van der Waals surface area (Å²) in [6, 6.07) is 6.26. The first kappa shape index (κ1) is 9.62. The number of aliphatic hydroxyl groups is 1. The molecule has 0 aliphatic heterocycles. The molecular weight excluding hydrogens is 176 g/mol. The van der Waals surface area contributed by atoms with Crippen LogP contribution in [-0.4, -0.2) is 34.2 Å². The highest BCUT2D eigenvalue weighted by atomic mass is 16.3. The second-order valence-electron chi connectivity index (χ2n) is 3.95.